The molecule has 5 heteroatoms. The fourth-order valence-electron chi connectivity index (χ4n) is 2.73. The van der Waals surface area contributed by atoms with Gasteiger partial charge in [0.25, 0.3) is 0 Å². The number of para-hydroxylation sites is 3. The summed E-state index contributed by atoms with van der Waals surface area (Å²) in [6.07, 6.45) is 0.890. The second-order valence-corrected chi connectivity index (χ2v) is 6.69. The van der Waals surface area contributed by atoms with Crippen LogP contribution in [0.5, 0.6) is 0 Å². The summed E-state index contributed by atoms with van der Waals surface area (Å²) in [6.45, 7) is 4.44. The number of nitrogens with one attached hydrogen (secondary N) is 1. The van der Waals surface area contributed by atoms with Gasteiger partial charge < -0.3 is 9.88 Å². The summed E-state index contributed by atoms with van der Waals surface area (Å²) in [6, 6.07) is 15.9. The summed E-state index contributed by atoms with van der Waals surface area (Å²) in [7, 11) is 0. The van der Waals surface area contributed by atoms with Crippen LogP contribution in [0.2, 0.25) is 0 Å². The Morgan fingerprint density at radius 3 is 2.67 bits per heavy atom. The van der Waals surface area contributed by atoms with Gasteiger partial charge >= 0.3 is 0 Å². The van der Waals surface area contributed by atoms with Crippen LogP contribution in [0.25, 0.3) is 11.0 Å². The Kier molecular flexibility index (Phi) is 5.20. The lowest BCUT2D eigenvalue weighted by molar-refractivity contribution is -0.116. The van der Waals surface area contributed by atoms with Crippen LogP contribution >= 0.6 is 11.8 Å². The van der Waals surface area contributed by atoms with Gasteiger partial charge in [0.15, 0.2) is 5.16 Å². The van der Waals surface area contributed by atoms with Gasteiger partial charge in [0.05, 0.1) is 11.0 Å². The summed E-state index contributed by atoms with van der Waals surface area (Å²) < 4.78 is 1.99. The van der Waals surface area contributed by atoms with E-state index in [-0.39, 0.29) is 12.5 Å². The van der Waals surface area contributed by atoms with Gasteiger partial charge in [-0.15, -0.1) is 0 Å². The smallest absolute Gasteiger partial charge is 0.244 e. The third kappa shape index (κ3) is 3.46. The van der Waals surface area contributed by atoms with Crippen molar-refractivity contribution in [3.05, 3.63) is 54.1 Å². The standard InChI is InChI=1S/C19H21N3OS/c1-3-14-9-5-6-10-15(14)20-18(23)13-22-17-12-8-7-11-16(17)21-19(22)24-4-2/h5-12H,3-4,13H2,1-2H3,(H,20,23). The third-order valence-electron chi connectivity index (χ3n) is 3.87. The fraction of sp³-hybridized carbons (Fsp3) is 0.263. The number of carbonyl (C=O) groups excluding carboxylic acids is 1. The zero-order valence-corrected chi connectivity index (χ0v) is 14.8. The molecule has 0 aliphatic heterocycles. The van der Waals surface area contributed by atoms with Crippen molar-refractivity contribution in [1.82, 2.24) is 9.55 Å². The van der Waals surface area contributed by atoms with Crippen molar-refractivity contribution in [2.45, 2.75) is 32.0 Å². The molecule has 0 aliphatic rings. The van der Waals surface area contributed by atoms with Gasteiger partial charge in [0.2, 0.25) is 5.91 Å². The third-order valence-corrected chi connectivity index (χ3v) is 4.73. The first-order valence-electron chi connectivity index (χ1n) is 8.18. The molecular formula is C19H21N3OS. The number of hydrogen-bond acceptors (Lipinski definition) is 3. The molecule has 1 N–H and O–H groups in total. The quantitative estimate of drug-likeness (QED) is 0.679. The number of imidazole rings is 1. The highest BCUT2D eigenvalue weighted by Crippen LogP contribution is 2.24. The number of carbonyl (C=O) groups is 1. The van der Waals surface area contributed by atoms with Gasteiger partial charge in [0, 0.05) is 5.69 Å². The van der Waals surface area contributed by atoms with Gasteiger partial charge in [-0.3, -0.25) is 4.79 Å². The van der Waals surface area contributed by atoms with E-state index in [1.165, 1.54) is 0 Å². The molecule has 1 amide bonds. The van der Waals surface area contributed by atoms with Gasteiger partial charge in [-0.1, -0.05) is 55.9 Å². The van der Waals surface area contributed by atoms with E-state index in [1.54, 1.807) is 11.8 Å². The largest absolute Gasteiger partial charge is 0.324 e. The molecule has 24 heavy (non-hydrogen) atoms. The number of fused-ring (bicyclic) bond motifs is 1. The maximum Gasteiger partial charge on any atom is 0.244 e. The van der Waals surface area contributed by atoms with E-state index >= 15 is 0 Å². The normalized spacial score (nSPS) is 10.9. The topological polar surface area (TPSA) is 46.9 Å². The van der Waals surface area contributed by atoms with Gasteiger partial charge in [0.1, 0.15) is 6.54 Å². The Morgan fingerprint density at radius 1 is 1.12 bits per heavy atom. The van der Waals surface area contributed by atoms with Crippen LogP contribution in [0.15, 0.2) is 53.7 Å². The van der Waals surface area contributed by atoms with Crippen LogP contribution in [-0.2, 0) is 17.8 Å². The van der Waals surface area contributed by atoms with Crippen molar-refractivity contribution in [1.29, 1.82) is 0 Å². The van der Waals surface area contributed by atoms with Crippen LogP contribution in [0, 0.1) is 0 Å². The first kappa shape index (κ1) is 16.6. The predicted molar refractivity (Wildman–Crippen MR) is 101 cm³/mol. The van der Waals surface area contributed by atoms with Crippen LogP contribution in [-0.4, -0.2) is 21.2 Å². The summed E-state index contributed by atoms with van der Waals surface area (Å²) >= 11 is 1.66. The van der Waals surface area contributed by atoms with E-state index in [9.17, 15) is 4.79 Å². The maximum atomic E-state index is 12.6. The number of benzene rings is 2. The lowest BCUT2D eigenvalue weighted by Gasteiger charge is -2.12. The number of aromatic nitrogens is 2. The summed E-state index contributed by atoms with van der Waals surface area (Å²) in [5.41, 5.74) is 3.95. The predicted octanol–water partition coefficient (Wildman–Crippen LogP) is 4.35. The molecule has 2 aromatic carbocycles. The number of hydrogen-bond donors (Lipinski definition) is 1. The number of rotatable bonds is 6. The number of anilines is 1. The summed E-state index contributed by atoms with van der Waals surface area (Å²) in [5, 5.41) is 3.92. The molecular weight excluding hydrogens is 318 g/mol. The summed E-state index contributed by atoms with van der Waals surface area (Å²) in [4.78, 5) is 17.2. The molecule has 0 fully saturated rings. The Labute approximate surface area is 146 Å². The number of aryl methyl sites for hydroxylation is 1. The number of nitrogens with zero attached hydrogens (tertiary/aromatic N) is 2. The van der Waals surface area contributed by atoms with Crippen LogP contribution < -0.4 is 5.32 Å². The molecule has 4 nitrogen and oxygen atoms in total. The van der Waals surface area contributed by atoms with Crippen molar-refractivity contribution in [2.75, 3.05) is 11.1 Å². The van der Waals surface area contributed by atoms with Crippen molar-refractivity contribution in [3.63, 3.8) is 0 Å². The lowest BCUT2D eigenvalue weighted by Crippen LogP contribution is -2.20. The monoisotopic (exact) mass is 339 g/mol. The van der Waals surface area contributed by atoms with E-state index < -0.39 is 0 Å². The Bertz CT molecular complexity index is 857. The van der Waals surface area contributed by atoms with Crippen molar-refractivity contribution < 1.29 is 4.79 Å². The summed E-state index contributed by atoms with van der Waals surface area (Å²) in [5.74, 6) is 0.890. The number of thioether (sulfide) groups is 1. The molecule has 0 bridgehead atoms. The van der Waals surface area contributed by atoms with Gasteiger partial charge in [-0.2, -0.15) is 0 Å². The van der Waals surface area contributed by atoms with Crippen molar-refractivity contribution in [2.24, 2.45) is 0 Å². The van der Waals surface area contributed by atoms with Gasteiger partial charge in [-0.05, 0) is 35.9 Å². The molecule has 3 aromatic rings. The first-order valence-corrected chi connectivity index (χ1v) is 9.17. The average Bonchev–Trinajstić information content (AvgIpc) is 2.93. The van der Waals surface area contributed by atoms with Crippen LogP contribution in [0.4, 0.5) is 5.69 Å². The van der Waals surface area contributed by atoms with Crippen LogP contribution in [0.1, 0.15) is 19.4 Å². The first-order chi connectivity index (χ1) is 11.7. The van der Waals surface area contributed by atoms with E-state index in [0.717, 1.165) is 39.6 Å². The average molecular weight is 339 g/mol. The molecule has 3 rings (SSSR count). The molecule has 0 saturated carbocycles. The molecule has 0 radical (unpaired) electrons. The Balaban J connectivity index is 1.86. The van der Waals surface area contributed by atoms with E-state index in [0.29, 0.717) is 0 Å². The van der Waals surface area contributed by atoms with E-state index in [4.69, 9.17) is 0 Å². The highest BCUT2D eigenvalue weighted by molar-refractivity contribution is 7.99. The minimum absolute atomic E-state index is 0.0305. The van der Waals surface area contributed by atoms with E-state index in [2.05, 4.69) is 24.1 Å². The second kappa shape index (κ2) is 7.53. The zero-order chi connectivity index (χ0) is 16.9. The molecule has 0 spiro atoms. The Morgan fingerprint density at radius 2 is 1.88 bits per heavy atom. The minimum Gasteiger partial charge on any atom is -0.324 e. The molecule has 124 valence electrons. The second-order valence-electron chi connectivity index (χ2n) is 5.46. The highest BCUT2D eigenvalue weighted by atomic mass is 32.2. The number of amides is 1. The molecule has 1 aromatic heterocycles. The van der Waals surface area contributed by atoms with Gasteiger partial charge in [-0.25, -0.2) is 4.98 Å². The molecule has 0 atom stereocenters. The minimum atomic E-state index is -0.0305. The highest BCUT2D eigenvalue weighted by Gasteiger charge is 2.14. The van der Waals surface area contributed by atoms with E-state index in [1.807, 2.05) is 53.1 Å². The Hall–Kier alpha value is -2.27. The van der Waals surface area contributed by atoms with Crippen LogP contribution in [0.3, 0.4) is 0 Å². The molecule has 0 saturated heterocycles. The fourth-order valence-corrected chi connectivity index (χ4v) is 3.47. The molecule has 1 heterocycles. The molecule has 0 unspecified atom stereocenters. The van der Waals surface area contributed by atoms with Crippen molar-refractivity contribution in [3.8, 4) is 0 Å². The zero-order valence-electron chi connectivity index (χ0n) is 14.0. The maximum absolute atomic E-state index is 12.6. The lowest BCUT2D eigenvalue weighted by atomic mass is 10.1. The SMILES string of the molecule is CCSc1nc2ccccc2n1CC(=O)Nc1ccccc1CC. The van der Waals surface area contributed by atoms with Crippen molar-refractivity contribution >= 4 is 34.4 Å². The molecule has 0 aliphatic carbocycles.